The number of nitrogens with one attached hydrogen (secondary N) is 1. The van der Waals surface area contributed by atoms with Gasteiger partial charge in [-0.3, -0.25) is 9.59 Å². The summed E-state index contributed by atoms with van der Waals surface area (Å²) in [6, 6.07) is 6.24. The monoisotopic (exact) mass is 358 g/mol. The van der Waals surface area contributed by atoms with Gasteiger partial charge in [0.25, 0.3) is 0 Å². The molecule has 1 aromatic carbocycles. The molecule has 0 spiro atoms. The Morgan fingerprint density at radius 2 is 2.20 bits per heavy atom. The standard InChI is InChI=1S/C18H22N4O2S/c1-11-3-6-14-15(7-11)20-18(19-14)25-10-16(23)22-8-12-4-5-13(9-22)21(2)17(12)24/h3,6-7,12-13H,4-5,8-10H2,1-2H3,(H,19,20)/t12-,13+/m1/s1. The fraction of sp³-hybridized carbons (Fsp3) is 0.500. The van der Waals surface area contributed by atoms with Gasteiger partial charge in [-0.2, -0.15) is 0 Å². The third kappa shape index (κ3) is 3.13. The number of fused-ring (bicyclic) bond motifs is 5. The van der Waals surface area contributed by atoms with E-state index in [1.807, 2.05) is 35.9 Å². The molecule has 132 valence electrons. The molecular formula is C18H22N4O2S. The molecule has 0 aliphatic carbocycles. The van der Waals surface area contributed by atoms with E-state index in [-0.39, 0.29) is 23.8 Å². The lowest BCUT2D eigenvalue weighted by Gasteiger charge is -2.32. The molecule has 2 bridgehead atoms. The number of likely N-dealkylation sites (N-methyl/N-ethyl adjacent to an activating group) is 1. The van der Waals surface area contributed by atoms with Crippen LogP contribution in [-0.4, -0.2) is 63.5 Å². The Hall–Kier alpha value is -2.02. The Morgan fingerprint density at radius 3 is 3.04 bits per heavy atom. The van der Waals surface area contributed by atoms with Gasteiger partial charge in [-0.25, -0.2) is 4.98 Å². The van der Waals surface area contributed by atoms with Crippen molar-refractivity contribution in [3.05, 3.63) is 23.8 Å². The topological polar surface area (TPSA) is 69.3 Å². The van der Waals surface area contributed by atoms with Gasteiger partial charge in [0.15, 0.2) is 5.16 Å². The zero-order valence-electron chi connectivity index (χ0n) is 14.5. The fourth-order valence-electron chi connectivity index (χ4n) is 3.75. The van der Waals surface area contributed by atoms with Gasteiger partial charge in [-0.05, 0) is 37.5 Å². The normalized spacial score (nSPS) is 23.4. The lowest BCUT2D eigenvalue weighted by Crippen LogP contribution is -2.45. The molecule has 0 radical (unpaired) electrons. The molecule has 5 rings (SSSR count). The second kappa shape index (κ2) is 6.37. The maximum Gasteiger partial charge on any atom is 0.233 e. The van der Waals surface area contributed by atoms with Crippen LogP contribution in [0, 0.1) is 12.8 Å². The predicted octanol–water partition coefficient (Wildman–Crippen LogP) is 2.04. The second-order valence-electron chi connectivity index (χ2n) is 7.03. The lowest BCUT2D eigenvalue weighted by atomic mass is 9.95. The van der Waals surface area contributed by atoms with Crippen molar-refractivity contribution in [2.45, 2.75) is 31.0 Å². The van der Waals surface area contributed by atoms with Crippen molar-refractivity contribution in [2.75, 3.05) is 25.9 Å². The summed E-state index contributed by atoms with van der Waals surface area (Å²) in [6.45, 7) is 3.25. The van der Waals surface area contributed by atoms with E-state index in [1.54, 1.807) is 0 Å². The number of carbonyl (C=O) groups is 2. The SMILES string of the molecule is Cc1ccc2nc(SCC(=O)N3C[C@H]4CC[C@@H](C3)N(C)C4=O)[nH]c2c1. The van der Waals surface area contributed by atoms with E-state index < -0.39 is 0 Å². The Morgan fingerprint density at radius 1 is 1.36 bits per heavy atom. The number of hydrogen-bond acceptors (Lipinski definition) is 4. The number of hydrogen-bond donors (Lipinski definition) is 1. The van der Waals surface area contributed by atoms with Gasteiger partial charge in [0.1, 0.15) is 0 Å². The third-order valence-corrected chi connectivity index (χ3v) is 6.12. The van der Waals surface area contributed by atoms with E-state index >= 15 is 0 Å². The van der Waals surface area contributed by atoms with Gasteiger partial charge in [-0.1, -0.05) is 17.8 Å². The van der Waals surface area contributed by atoms with Crippen molar-refractivity contribution < 1.29 is 9.59 Å². The van der Waals surface area contributed by atoms with Crippen LogP contribution >= 0.6 is 11.8 Å². The van der Waals surface area contributed by atoms with Crippen LogP contribution in [0.4, 0.5) is 0 Å². The summed E-state index contributed by atoms with van der Waals surface area (Å²) in [5.41, 5.74) is 3.09. The summed E-state index contributed by atoms with van der Waals surface area (Å²) >= 11 is 1.43. The molecule has 4 heterocycles. The average Bonchev–Trinajstić information content (AvgIpc) is 2.80. The highest BCUT2D eigenvalue weighted by molar-refractivity contribution is 7.99. The minimum absolute atomic E-state index is 0.0353. The molecule has 3 fully saturated rings. The molecule has 2 amide bonds. The number of H-pyrrole nitrogens is 1. The van der Waals surface area contributed by atoms with Crippen LogP contribution in [0.1, 0.15) is 18.4 Å². The Kier molecular flexibility index (Phi) is 4.19. The van der Waals surface area contributed by atoms with Crippen LogP contribution in [0.2, 0.25) is 0 Å². The number of aryl methyl sites for hydroxylation is 1. The number of aromatic nitrogens is 2. The number of amides is 2. The highest BCUT2D eigenvalue weighted by Gasteiger charge is 2.39. The van der Waals surface area contributed by atoms with E-state index in [1.165, 1.54) is 17.3 Å². The maximum absolute atomic E-state index is 12.7. The van der Waals surface area contributed by atoms with Crippen molar-refractivity contribution in [3.8, 4) is 0 Å². The molecule has 7 heteroatoms. The number of thioether (sulfide) groups is 1. The van der Waals surface area contributed by atoms with Crippen molar-refractivity contribution in [3.63, 3.8) is 0 Å². The van der Waals surface area contributed by atoms with Gasteiger partial charge in [0.05, 0.1) is 22.7 Å². The number of aromatic amines is 1. The van der Waals surface area contributed by atoms with E-state index in [9.17, 15) is 9.59 Å². The van der Waals surface area contributed by atoms with Gasteiger partial charge in [-0.15, -0.1) is 0 Å². The van der Waals surface area contributed by atoms with Gasteiger partial charge in [0, 0.05) is 26.2 Å². The van der Waals surface area contributed by atoms with Crippen molar-refractivity contribution in [2.24, 2.45) is 5.92 Å². The molecule has 25 heavy (non-hydrogen) atoms. The van der Waals surface area contributed by atoms with Crippen LogP contribution in [0.25, 0.3) is 11.0 Å². The number of rotatable bonds is 3. The van der Waals surface area contributed by atoms with Crippen LogP contribution in [0.15, 0.2) is 23.4 Å². The van der Waals surface area contributed by atoms with Crippen molar-refractivity contribution in [1.82, 2.24) is 19.8 Å². The third-order valence-electron chi connectivity index (χ3n) is 5.27. The van der Waals surface area contributed by atoms with Crippen LogP contribution < -0.4 is 0 Å². The molecule has 0 saturated carbocycles. The predicted molar refractivity (Wildman–Crippen MR) is 97.4 cm³/mol. The minimum Gasteiger partial charge on any atom is -0.341 e. The summed E-state index contributed by atoms with van der Waals surface area (Å²) < 4.78 is 0. The first-order chi connectivity index (χ1) is 12.0. The minimum atomic E-state index is -0.0353. The number of benzene rings is 1. The first-order valence-corrected chi connectivity index (χ1v) is 9.63. The zero-order valence-corrected chi connectivity index (χ0v) is 15.3. The van der Waals surface area contributed by atoms with E-state index in [4.69, 9.17) is 0 Å². The van der Waals surface area contributed by atoms with E-state index in [0.717, 1.165) is 29.0 Å². The van der Waals surface area contributed by atoms with Gasteiger partial charge >= 0.3 is 0 Å². The molecule has 6 nitrogen and oxygen atoms in total. The average molecular weight is 358 g/mol. The molecule has 3 aliphatic heterocycles. The molecule has 2 aromatic rings. The van der Waals surface area contributed by atoms with Crippen LogP contribution in [-0.2, 0) is 9.59 Å². The van der Waals surface area contributed by atoms with Crippen LogP contribution in [0.5, 0.6) is 0 Å². The number of nitrogens with zero attached hydrogens (tertiary/aromatic N) is 3. The summed E-state index contributed by atoms with van der Waals surface area (Å²) in [7, 11) is 1.86. The molecular weight excluding hydrogens is 336 g/mol. The Bertz CT molecular complexity index is 834. The Labute approximate surface area is 151 Å². The molecule has 3 aliphatic rings. The summed E-state index contributed by atoms with van der Waals surface area (Å²) in [5.74, 6) is 0.580. The van der Waals surface area contributed by atoms with Crippen LogP contribution in [0.3, 0.4) is 0 Å². The molecule has 3 saturated heterocycles. The highest BCUT2D eigenvalue weighted by atomic mass is 32.2. The van der Waals surface area contributed by atoms with Crippen molar-refractivity contribution >= 4 is 34.6 Å². The molecule has 1 N–H and O–H groups in total. The largest absolute Gasteiger partial charge is 0.341 e. The smallest absolute Gasteiger partial charge is 0.233 e. The zero-order chi connectivity index (χ0) is 17.6. The van der Waals surface area contributed by atoms with Gasteiger partial charge in [0.2, 0.25) is 11.8 Å². The summed E-state index contributed by atoms with van der Waals surface area (Å²) in [4.78, 5) is 36.4. The van der Waals surface area contributed by atoms with Crippen molar-refractivity contribution in [1.29, 1.82) is 0 Å². The highest BCUT2D eigenvalue weighted by Crippen LogP contribution is 2.28. The molecule has 1 aromatic heterocycles. The fourth-order valence-corrected chi connectivity index (χ4v) is 4.54. The number of piperidine rings is 1. The first-order valence-electron chi connectivity index (χ1n) is 8.65. The second-order valence-corrected chi connectivity index (χ2v) is 7.99. The molecule has 0 unspecified atom stereocenters. The quantitative estimate of drug-likeness (QED) is 0.853. The molecule has 2 atom stereocenters. The lowest BCUT2D eigenvalue weighted by molar-refractivity contribution is -0.138. The summed E-state index contributed by atoms with van der Waals surface area (Å²) in [5, 5.41) is 0.764. The van der Waals surface area contributed by atoms with Gasteiger partial charge < -0.3 is 14.8 Å². The Balaban J connectivity index is 1.42. The summed E-state index contributed by atoms with van der Waals surface area (Å²) in [6.07, 6.45) is 1.89. The number of imidazole rings is 1. The maximum atomic E-state index is 12.7. The van der Waals surface area contributed by atoms with E-state index in [2.05, 4.69) is 16.0 Å². The first kappa shape index (κ1) is 16.4. The van der Waals surface area contributed by atoms with E-state index in [0.29, 0.717) is 18.8 Å². The number of carbonyl (C=O) groups excluding carboxylic acids is 2.